The zero-order valence-corrected chi connectivity index (χ0v) is 13.3. The fraction of sp³-hybridized carbons (Fsp3) is 0.786. The fourth-order valence-electron chi connectivity index (χ4n) is 1.91. The topological polar surface area (TPSA) is 36.4 Å². The first-order valence-corrected chi connectivity index (χ1v) is 7.56. The van der Waals surface area contributed by atoms with E-state index in [1.165, 1.54) is 0 Å². The molecule has 0 saturated heterocycles. The van der Waals surface area contributed by atoms with Crippen LogP contribution in [0.15, 0.2) is 0 Å². The van der Waals surface area contributed by atoms with Gasteiger partial charge in [0.15, 0.2) is 0 Å². The minimum atomic E-state index is -0.793. The van der Waals surface area contributed by atoms with Crippen LogP contribution in [-0.2, 0) is 12.1 Å². The second-order valence-electron chi connectivity index (χ2n) is 5.50. The predicted molar refractivity (Wildman–Crippen MR) is 78.1 cm³/mol. The average molecular weight is 270 g/mol. The monoisotopic (exact) mass is 270 g/mol. The standard InChI is InChI=1S/C14H26N2OS/c1-7-16(8-2)9-11-15-12(10(3)4)13(18-11)14(5,6)17/h10,17H,7-9H2,1-6H3. The zero-order chi connectivity index (χ0) is 13.9. The third kappa shape index (κ3) is 3.77. The molecule has 1 rings (SSSR count). The van der Waals surface area contributed by atoms with E-state index >= 15 is 0 Å². The predicted octanol–water partition coefficient (Wildman–Crippen LogP) is 3.34. The van der Waals surface area contributed by atoms with Gasteiger partial charge in [-0.3, -0.25) is 4.90 Å². The van der Waals surface area contributed by atoms with Gasteiger partial charge in [-0.2, -0.15) is 0 Å². The van der Waals surface area contributed by atoms with E-state index in [1.54, 1.807) is 11.3 Å². The number of hydrogen-bond acceptors (Lipinski definition) is 4. The lowest BCUT2D eigenvalue weighted by atomic mass is 10.0. The van der Waals surface area contributed by atoms with Gasteiger partial charge in [0.2, 0.25) is 0 Å². The maximum atomic E-state index is 10.2. The van der Waals surface area contributed by atoms with Crippen molar-refractivity contribution in [1.82, 2.24) is 9.88 Å². The maximum Gasteiger partial charge on any atom is 0.107 e. The van der Waals surface area contributed by atoms with Crippen LogP contribution in [0.1, 0.15) is 63.0 Å². The molecular weight excluding hydrogens is 244 g/mol. The first-order valence-electron chi connectivity index (χ1n) is 6.74. The Labute approximate surface area is 115 Å². The highest BCUT2D eigenvalue weighted by Crippen LogP contribution is 2.34. The molecule has 0 fully saturated rings. The summed E-state index contributed by atoms with van der Waals surface area (Å²) in [6.45, 7) is 15.2. The molecule has 0 aromatic carbocycles. The molecule has 3 nitrogen and oxygen atoms in total. The summed E-state index contributed by atoms with van der Waals surface area (Å²) >= 11 is 1.65. The maximum absolute atomic E-state index is 10.2. The second kappa shape index (κ2) is 6.13. The van der Waals surface area contributed by atoms with Crippen LogP contribution in [-0.4, -0.2) is 28.1 Å². The van der Waals surface area contributed by atoms with Gasteiger partial charge in [-0.05, 0) is 32.9 Å². The van der Waals surface area contributed by atoms with E-state index < -0.39 is 5.60 Å². The van der Waals surface area contributed by atoms with Crippen LogP contribution >= 0.6 is 11.3 Å². The van der Waals surface area contributed by atoms with Crippen LogP contribution in [0.5, 0.6) is 0 Å². The van der Waals surface area contributed by atoms with Gasteiger partial charge < -0.3 is 5.11 Å². The van der Waals surface area contributed by atoms with Crippen LogP contribution in [0.25, 0.3) is 0 Å². The van der Waals surface area contributed by atoms with Crippen molar-refractivity contribution in [1.29, 1.82) is 0 Å². The summed E-state index contributed by atoms with van der Waals surface area (Å²) in [5.74, 6) is 0.355. The summed E-state index contributed by atoms with van der Waals surface area (Å²) in [6, 6.07) is 0. The first-order chi connectivity index (χ1) is 8.29. The Morgan fingerprint density at radius 2 is 1.83 bits per heavy atom. The fourth-order valence-corrected chi connectivity index (χ4v) is 3.18. The molecule has 0 aliphatic carbocycles. The van der Waals surface area contributed by atoms with Gasteiger partial charge in [-0.25, -0.2) is 4.98 Å². The molecule has 0 amide bonds. The van der Waals surface area contributed by atoms with Crippen molar-refractivity contribution >= 4 is 11.3 Å². The van der Waals surface area contributed by atoms with Crippen molar-refractivity contribution in [2.24, 2.45) is 0 Å². The molecule has 4 heteroatoms. The summed E-state index contributed by atoms with van der Waals surface area (Å²) in [5.41, 5.74) is 0.258. The van der Waals surface area contributed by atoms with Gasteiger partial charge in [0.05, 0.1) is 22.7 Å². The molecular formula is C14H26N2OS. The quantitative estimate of drug-likeness (QED) is 0.861. The van der Waals surface area contributed by atoms with E-state index in [4.69, 9.17) is 4.98 Å². The lowest BCUT2D eigenvalue weighted by Gasteiger charge is -2.18. The van der Waals surface area contributed by atoms with Gasteiger partial charge in [0.1, 0.15) is 5.01 Å². The molecule has 0 atom stereocenters. The number of nitrogens with zero attached hydrogens (tertiary/aromatic N) is 2. The summed E-state index contributed by atoms with van der Waals surface area (Å²) in [6.07, 6.45) is 0. The van der Waals surface area contributed by atoms with Gasteiger partial charge in [0, 0.05) is 0 Å². The van der Waals surface area contributed by atoms with Crippen molar-refractivity contribution in [2.75, 3.05) is 13.1 Å². The number of rotatable bonds is 6. The van der Waals surface area contributed by atoms with Crippen LogP contribution in [0, 0.1) is 0 Å². The third-order valence-electron chi connectivity index (χ3n) is 3.05. The molecule has 0 aliphatic rings. The third-order valence-corrected chi connectivity index (χ3v) is 4.42. The zero-order valence-electron chi connectivity index (χ0n) is 12.4. The van der Waals surface area contributed by atoms with Crippen molar-refractivity contribution in [3.05, 3.63) is 15.6 Å². The van der Waals surface area contributed by atoms with Gasteiger partial charge in [-0.1, -0.05) is 27.7 Å². The number of hydrogen-bond donors (Lipinski definition) is 1. The van der Waals surface area contributed by atoms with E-state index in [9.17, 15) is 5.11 Å². The van der Waals surface area contributed by atoms with Crippen molar-refractivity contribution in [3.8, 4) is 0 Å². The van der Waals surface area contributed by atoms with E-state index in [0.29, 0.717) is 5.92 Å². The second-order valence-corrected chi connectivity index (χ2v) is 6.58. The van der Waals surface area contributed by atoms with Crippen LogP contribution < -0.4 is 0 Å². The number of thiazole rings is 1. The van der Waals surface area contributed by atoms with E-state index in [0.717, 1.165) is 35.2 Å². The Kier molecular flexibility index (Phi) is 5.32. The molecule has 0 spiro atoms. The molecule has 18 heavy (non-hydrogen) atoms. The molecule has 1 heterocycles. The van der Waals surface area contributed by atoms with Crippen LogP contribution in [0.3, 0.4) is 0 Å². The Morgan fingerprint density at radius 1 is 1.28 bits per heavy atom. The average Bonchev–Trinajstić information content (AvgIpc) is 2.69. The molecule has 1 N–H and O–H groups in total. The minimum absolute atomic E-state index is 0.355. The molecule has 0 bridgehead atoms. The molecule has 1 aromatic heterocycles. The molecule has 0 saturated carbocycles. The normalized spacial score (nSPS) is 12.7. The smallest absolute Gasteiger partial charge is 0.107 e. The van der Waals surface area contributed by atoms with Crippen molar-refractivity contribution < 1.29 is 5.11 Å². The summed E-state index contributed by atoms with van der Waals surface area (Å²) in [4.78, 5) is 8.09. The minimum Gasteiger partial charge on any atom is -0.385 e. The van der Waals surface area contributed by atoms with Gasteiger partial charge >= 0.3 is 0 Å². The highest BCUT2D eigenvalue weighted by atomic mass is 32.1. The lowest BCUT2D eigenvalue weighted by molar-refractivity contribution is 0.0811. The SMILES string of the molecule is CCN(CC)Cc1nc(C(C)C)c(C(C)(C)O)s1. The summed E-state index contributed by atoms with van der Waals surface area (Å²) in [5, 5.41) is 11.3. The summed E-state index contributed by atoms with van der Waals surface area (Å²) < 4.78 is 0. The van der Waals surface area contributed by atoms with Crippen molar-refractivity contribution in [3.63, 3.8) is 0 Å². The summed E-state index contributed by atoms with van der Waals surface area (Å²) in [7, 11) is 0. The Hall–Kier alpha value is -0.450. The largest absolute Gasteiger partial charge is 0.385 e. The van der Waals surface area contributed by atoms with E-state index in [2.05, 4.69) is 32.6 Å². The van der Waals surface area contributed by atoms with E-state index in [1.807, 2.05) is 13.8 Å². The Balaban J connectivity index is 3.03. The lowest BCUT2D eigenvalue weighted by Crippen LogP contribution is -2.22. The van der Waals surface area contributed by atoms with Crippen LogP contribution in [0.4, 0.5) is 0 Å². The molecule has 0 radical (unpaired) electrons. The highest BCUT2D eigenvalue weighted by molar-refractivity contribution is 7.11. The van der Waals surface area contributed by atoms with E-state index in [-0.39, 0.29) is 0 Å². The molecule has 0 aliphatic heterocycles. The Morgan fingerprint density at radius 3 is 2.17 bits per heavy atom. The van der Waals surface area contributed by atoms with Crippen LogP contribution in [0.2, 0.25) is 0 Å². The first kappa shape index (κ1) is 15.6. The van der Waals surface area contributed by atoms with Gasteiger partial charge in [0.25, 0.3) is 0 Å². The highest BCUT2D eigenvalue weighted by Gasteiger charge is 2.26. The molecule has 104 valence electrons. The number of aliphatic hydroxyl groups is 1. The van der Waals surface area contributed by atoms with Gasteiger partial charge in [-0.15, -0.1) is 11.3 Å². The number of aromatic nitrogens is 1. The molecule has 1 aromatic rings. The molecule has 0 unspecified atom stereocenters. The Bertz CT molecular complexity index is 376. The van der Waals surface area contributed by atoms with Crippen molar-refractivity contribution in [2.45, 2.75) is 59.6 Å².